The minimum Gasteiger partial charge on any atom is -0.508 e. The highest BCUT2D eigenvalue weighted by Crippen LogP contribution is 2.37. The van der Waals surface area contributed by atoms with Crippen LogP contribution in [-0.2, 0) is 14.3 Å². The van der Waals surface area contributed by atoms with Crippen LogP contribution < -0.4 is 10.2 Å². The summed E-state index contributed by atoms with van der Waals surface area (Å²) in [5.41, 5.74) is -0.608. The number of aliphatic hydroxyl groups is 3. The van der Waals surface area contributed by atoms with Gasteiger partial charge in [0.25, 0.3) is 0 Å². The molecule has 2 heterocycles. The number of carbonyl (C=O) groups excluding carboxylic acids is 1. The van der Waals surface area contributed by atoms with Gasteiger partial charge in [0.2, 0.25) is 17.5 Å². The Morgan fingerprint density at radius 1 is 0.818 bits per heavy atom. The van der Waals surface area contributed by atoms with Crippen molar-refractivity contribution in [2.24, 2.45) is 0 Å². The van der Waals surface area contributed by atoms with Gasteiger partial charge in [-0.05, 0) is 48.0 Å². The lowest BCUT2D eigenvalue weighted by Gasteiger charge is -2.39. The van der Waals surface area contributed by atoms with Crippen molar-refractivity contribution in [3.8, 4) is 45.8 Å². The van der Waals surface area contributed by atoms with Crippen LogP contribution in [0.1, 0.15) is 5.56 Å². The van der Waals surface area contributed by atoms with Gasteiger partial charge in [0.15, 0.2) is 17.3 Å². The molecule has 0 radical (unpaired) electrons. The van der Waals surface area contributed by atoms with E-state index in [2.05, 4.69) is 0 Å². The Balaban J connectivity index is 1.41. The van der Waals surface area contributed by atoms with Gasteiger partial charge in [0.05, 0.1) is 0 Å². The molecule has 1 saturated heterocycles. The van der Waals surface area contributed by atoms with Crippen molar-refractivity contribution in [2.75, 3.05) is 6.61 Å². The Morgan fingerprint density at radius 2 is 1.55 bits per heavy atom. The van der Waals surface area contributed by atoms with Crippen LogP contribution in [0.5, 0.6) is 34.5 Å². The Labute approximate surface area is 247 Å². The van der Waals surface area contributed by atoms with Gasteiger partial charge in [0.1, 0.15) is 59.2 Å². The van der Waals surface area contributed by atoms with Crippen LogP contribution in [0, 0.1) is 0 Å². The van der Waals surface area contributed by atoms with Crippen molar-refractivity contribution in [3.05, 3.63) is 76.5 Å². The molecule has 0 bridgehead atoms. The normalized spacial score (nSPS) is 21.8. The molecule has 0 spiro atoms. The number of phenols is 5. The molecule has 3 aromatic carbocycles. The molecule has 8 N–H and O–H groups in total. The molecule has 4 aromatic rings. The number of ether oxygens (including phenoxy) is 3. The fourth-order valence-corrected chi connectivity index (χ4v) is 4.47. The highest BCUT2D eigenvalue weighted by molar-refractivity contribution is 5.88. The number of rotatable bonds is 7. The molecule has 14 nitrogen and oxygen atoms in total. The zero-order chi connectivity index (χ0) is 31.7. The van der Waals surface area contributed by atoms with Crippen molar-refractivity contribution >= 4 is 23.0 Å². The van der Waals surface area contributed by atoms with Crippen LogP contribution >= 0.6 is 0 Å². The Bertz CT molecular complexity index is 1780. The maximum absolute atomic E-state index is 13.5. The van der Waals surface area contributed by atoms with Crippen molar-refractivity contribution in [3.63, 3.8) is 0 Å². The number of hydrogen-bond donors (Lipinski definition) is 8. The third-order valence-electron chi connectivity index (χ3n) is 6.75. The Kier molecular flexibility index (Phi) is 8.33. The lowest BCUT2D eigenvalue weighted by atomic mass is 9.99. The molecule has 14 heteroatoms. The molecule has 1 aliphatic heterocycles. The highest BCUT2D eigenvalue weighted by Gasteiger charge is 2.46. The Hall–Kier alpha value is -5.28. The summed E-state index contributed by atoms with van der Waals surface area (Å²) in [4.78, 5) is 25.8. The van der Waals surface area contributed by atoms with Crippen molar-refractivity contribution in [2.45, 2.75) is 30.7 Å². The number of aromatic hydroxyl groups is 5. The number of aliphatic hydroxyl groups excluding tert-OH is 3. The summed E-state index contributed by atoms with van der Waals surface area (Å²) in [6.07, 6.45) is -6.57. The quantitative estimate of drug-likeness (QED) is 0.0840. The van der Waals surface area contributed by atoms with E-state index in [0.29, 0.717) is 5.56 Å². The van der Waals surface area contributed by atoms with Crippen LogP contribution in [0.3, 0.4) is 0 Å². The third kappa shape index (κ3) is 6.09. The van der Waals surface area contributed by atoms with Gasteiger partial charge in [-0.3, -0.25) is 4.79 Å². The second-order valence-corrected chi connectivity index (χ2v) is 9.82. The first-order chi connectivity index (χ1) is 20.9. The summed E-state index contributed by atoms with van der Waals surface area (Å²) in [5, 5.41) is 80.2. The van der Waals surface area contributed by atoms with E-state index < -0.39 is 71.7 Å². The van der Waals surface area contributed by atoms with Gasteiger partial charge in [-0.2, -0.15) is 0 Å². The fraction of sp³-hybridized carbons (Fsp3) is 0.200. The molecule has 1 aliphatic rings. The Morgan fingerprint density at radius 3 is 2.25 bits per heavy atom. The SMILES string of the molecule is O=C(/C=C/c1ccc(O)c(O)c1)OC[C@H]1O[C@@H](Oc2c(-c3ccc(O)cc3)oc3cc(O)cc(O)c3c2=O)[C@H](O)[C@@H](O)[C@H]1O. The average Bonchev–Trinajstić information content (AvgIpc) is 2.98. The molecule has 0 unspecified atom stereocenters. The van der Waals surface area contributed by atoms with Crippen LogP contribution in [0.15, 0.2) is 69.9 Å². The minimum atomic E-state index is -1.92. The number of hydrogen-bond acceptors (Lipinski definition) is 14. The summed E-state index contributed by atoms with van der Waals surface area (Å²) in [7, 11) is 0. The van der Waals surface area contributed by atoms with Crippen molar-refractivity contribution < 1.29 is 64.3 Å². The first-order valence-electron chi connectivity index (χ1n) is 13.0. The summed E-state index contributed by atoms with van der Waals surface area (Å²) < 4.78 is 22.2. The van der Waals surface area contributed by atoms with Gasteiger partial charge in [-0.15, -0.1) is 0 Å². The molecule has 1 fully saturated rings. The maximum Gasteiger partial charge on any atom is 0.330 e. The molecule has 0 amide bonds. The standard InChI is InChI=1S/C30H26O14/c31-15-5-3-14(4-6-15)28-29(25(38)23-19(35)10-16(32)11-20(23)42-28)44-30-27(40)26(39)24(37)21(43-30)12-41-22(36)8-2-13-1-7-17(33)18(34)9-13/h1-11,21,24,26-27,30-35,37,39-40H,12H2/b8-2+/t21-,24+,26+,27-,30+/m1/s1. The number of fused-ring (bicyclic) bond motifs is 1. The van der Waals surface area contributed by atoms with Crippen molar-refractivity contribution in [1.29, 1.82) is 0 Å². The number of phenolic OH excluding ortho intramolecular Hbond substituents is 5. The van der Waals surface area contributed by atoms with E-state index >= 15 is 0 Å². The predicted molar refractivity (Wildman–Crippen MR) is 150 cm³/mol. The third-order valence-corrected chi connectivity index (χ3v) is 6.75. The van der Waals surface area contributed by atoms with Crippen LogP contribution in [0.2, 0.25) is 0 Å². The lowest BCUT2D eigenvalue weighted by molar-refractivity contribution is -0.278. The second kappa shape index (κ2) is 12.1. The zero-order valence-corrected chi connectivity index (χ0v) is 22.5. The molecule has 0 aliphatic carbocycles. The number of benzene rings is 3. The maximum atomic E-state index is 13.5. The molecule has 44 heavy (non-hydrogen) atoms. The highest BCUT2D eigenvalue weighted by atomic mass is 16.7. The minimum absolute atomic E-state index is 0.105. The van der Waals surface area contributed by atoms with E-state index in [1.54, 1.807) is 0 Å². The monoisotopic (exact) mass is 610 g/mol. The van der Waals surface area contributed by atoms with Gasteiger partial charge < -0.3 is 59.5 Å². The van der Waals surface area contributed by atoms with E-state index in [1.165, 1.54) is 48.5 Å². The molecule has 1 aromatic heterocycles. The first-order valence-corrected chi connectivity index (χ1v) is 13.0. The molecular weight excluding hydrogens is 584 g/mol. The number of esters is 1. The van der Waals surface area contributed by atoms with E-state index in [9.17, 15) is 50.4 Å². The lowest BCUT2D eigenvalue weighted by Crippen LogP contribution is -2.60. The van der Waals surface area contributed by atoms with E-state index in [-0.39, 0.29) is 33.8 Å². The van der Waals surface area contributed by atoms with E-state index in [1.807, 2.05) is 0 Å². The topological polar surface area (TPSA) is 237 Å². The van der Waals surface area contributed by atoms with Crippen LogP contribution in [0.25, 0.3) is 28.4 Å². The van der Waals surface area contributed by atoms with Gasteiger partial charge in [0, 0.05) is 23.8 Å². The van der Waals surface area contributed by atoms with E-state index in [0.717, 1.165) is 18.2 Å². The zero-order valence-electron chi connectivity index (χ0n) is 22.5. The molecule has 5 rings (SSSR count). The van der Waals surface area contributed by atoms with Gasteiger partial charge in [-0.25, -0.2) is 4.79 Å². The molecule has 5 atom stereocenters. The molecule has 0 saturated carbocycles. The van der Waals surface area contributed by atoms with E-state index in [4.69, 9.17) is 18.6 Å². The van der Waals surface area contributed by atoms with Crippen LogP contribution in [-0.4, -0.2) is 84.1 Å². The van der Waals surface area contributed by atoms with Crippen molar-refractivity contribution in [1.82, 2.24) is 0 Å². The summed E-state index contributed by atoms with van der Waals surface area (Å²) in [5.74, 6) is -3.65. The first kappa shape index (κ1) is 30.2. The summed E-state index contributed by atoms with van der Waals surface area (Å²) in [6, 6.07) is 11.2. The van der Waals surface area contributed by atoms with Gasteiger partial charge >= 0.3 is 5.97 Å². The van der Waals surface area contributed by atoms with Gasteiger partial charge in [-0.1, -0.05) is 6.07 Å². The van der Waals surface area contributed by atoms with Crippen LogP contribution in [0.4, 0.5) is 0 Å². The summed E-state index contributed by atoms with van der Waals surface area (Å²) >= 11 is 0. The smallest absolute Gasteiger partial charge is 0.330 e. The fourth-order valence-electron chi connectivity index (χ4n) is 4.47. The predicted octanol–water partition coefficient (Wildman–Crippen LogP) is 1.43. The second-order valence-electron chi connectivity index (χ2n) is 9.82. The largest absolute Gasteiger partial charge is 0.508 e. The summed E-state index contributed by atoms with van der Waals surface area (Å²) in [6.45, 7) is -0.633. The average molecular weight is 611 g/mol. The molecular formula is C30H26O14. The molecule has 230 valence electrons. The number of carbonyl (C=O) groups is 1.